The molecule has 0 fully saturated rings. The molecule has 16 heavy (non-hydrogen) atoms. The largest absolute Gasteiger partial charge is 0.476 e. The number of carbonyl (C=O) groups is 1. The number of hydrogen-bond donors (Lipinski definition) is 2. The molecule has 0 aliphatic rings. The van der Waals surface area contributed by atoms with Crippen molar-refractivity contribution in [3.63, 3.8) is 0 Å². The number of carboxylic acids is 1. The van der Waals surface area contributed by atoms with Crippen LogP contribution in [-0.2, 0) is 0 Å². The molecule has 1 heterocycles. The van der Waals surface area contributed by atoms with Crippen molar-refractivity contribution in [1.29, 1.82) is 0 Å². The van der Waals surface area contributed by atoms with Crippen molar-refractivity contribution >= 4 is 23.4 Å². The number of nitrogens with one attached hydrogen (secondary N) is 1. The Morgan fingerprint density at radius 3 is 2.81 bits per heavy atom. The smallest absolute Gasteiger partial charge is 0.356 e. The first-order chi connectivity index (χ1) is 7.52. The number of hydrogen-bond acceptors (Lipinski definition) is 5. The molecule has 0 saturated heterocycles. The average molecular weight is 245 g/mol. The van der Waals surface area contributed by atoms with Crippen molar-refractivity contribution in [3.05, 3.63) is 17.0 Å². The van der Waals surface area contributed by atoms with Crippen molar-refractivity contribution in [2.24, 2.45) is 0 Å². The molecule has 1 aromatic heterocycles. The van der Waals surface area contributed by atoms with Crippen molar-refractivity contribution in [2.75, 3.05) is 32.5 Å². The number of likely N-dealkylation sites (N-methyl/N-ethyl adjacent to an activating group) is 1. The lowest BCUT2D eigenvalue weighted by atomic mass is 10.4. The maximum absolute atomic E-state index is 10.7. The highest BCUT2D eigenvalue weighted by molar-refractivity contribution is 6.35. The molecular weight excluding hydrogens is 232 g/mol. The third kappa shape index (κ3) is 3.32. The van der Waals surface area contributed by atoms with E-state index >= 15 is 0 Å². The minimum Gasteiger partial charge on any atom is -0.476 e. The Balaban J connectivity index is 2.73. The van der Waals surface area contributed by atoms with E-state index in [1.807, 2.05) is 19.0 Å². The summed E-state index contributed by atoms with van der Waals surface area (Å²) in [6.07, 6.45) is 1.17. The van der Waals surface area contributed by atoms with Crippen LogP contribution in [-0.4, -0.2) is 53.1 Å². The summed E-state index contributed by atoms with van der Waals surface area (Å²) in [4.78, 5) is 20.2. The van der Waals surface area contributed by atoms with Gasteiger partial charge in [0.1, 0.15) is 17.2 Å². The number of halogens is 1. The molecule has 0 amide bonds. The van der Waals surface area contributed by atoms with E-state index in [0.29, 0.717) is 12.4 Å². The molecule has 0 radical (unpaired) electrons. The van der Waals surface area contributed by atoms with E-state index in [4.69, 9.17) is 16.7 Å². The summed E-state index contributed by atoms with van der Waals surface area (Å²) in [6, 6.07) is 0. The van der Waals surface area contributed by atoms with Gasteiger partial charge in [0.15, 0.2) is 5.69 Å². The third-order valence-corrected chi connectivity index (χ3v) is 2.20. The standard InChI is InChI=1S/C9H13ClN4O2/c1-14(2)4-3-11-8-6(10)7(9(15)16)12-5-13-8/h5H,3-4H2,1-2H3,(H,15,16)(H,11,12,13). The van der Waals surface area contributed by atoms with Gasteiger partial charge in [0.2, 0.25) is 0 Å². The number of anilines is 1. The number of aromatic nitrogens is 2. The summed E-state index contributed by atoms with van der Waals surface area (Å²) in [5.41, 5.74) is -0.191. The molecule has 6 nitrogen and oxygen atoms in total. The van der Waals surface area contributed by atoms with Gasteiger partial charge in [-0.1, -0.05) is 11.6 Å². The first-order valence-corrected chi connectivity index (χ1v) is 5.02. The number of aromatic carboxylic acids is 1. The minimum absolute atomic E-state index is 0.0359. The lowest BCUT2D eigenvalue weighted by Crippen LogP contribution is -2.21. The van der Waals surface area contributed by atoms with E-state index in [1.165, 1.54) is 6.33 Å². The SMILES string of the molecule is CN(C)CCNc1ncnc(C(=O)O)c1Cl. The quantitative estimate of drug-likeness (QED) is 0.798. The molecular formula is C9H13ClN4O2. The summed E-state index contributed by atoms with van der Waals surface area (Å²) in [6.45, 7) is 1.42. The highest BCUT2D eigenvalue weighted by Crippen LogP contribution is 2.21. The maximum atomic E-state index is 10.7. The van der Waals surface area contributed by atoms with Crippen LogP contribution < -0.4 is 5.32 Å². The van der Waals surface area contributed by atoms with Crippen LogP contribution in [0.3, 0.4) is 0 Å². The lowest BCUT2D eigenvalue weighted by molar-refractivity contribution is 0.0690. The summed E-state index contributed by atoms with van der Waals surface area (Å²) in [5.74, 6) is -0.820. The van der Waals surface area contributed by atoms with E-state index in [2.05, 4.69) is 15.3 Å². The van der Waals surface area contributed by atoms with Gasteiger partial charge in [-0.15, -0.1) is 0 Å². The fourth-order valence-corrected chi connectivity index (χ4v) is 1.29. The summed E-state index contributed by atoms with van der Waals surface area (Å²) in [7, 11) is 3.87. The van der Waals surface area contributed by atoms with Crippen LogP contribution in [0.25, 0.3) is 0 Å². The fourth-order valence-electron chi connectivity index (χ4n) is 1.04. The molecule has 0 unspecified atom stereocenters. The zero-order chi connectivity index (χ0) is 12.1. The first-order valence-electron chi connectivity index (χ1n) is 4.64. The second kappa shape index (κ2) is 5.62. The zero-order valence-electron chi connectivity index (χ0n) is 9.07. The topological polar surface area (TPSA) is 78.3 Å². The van der Waals surface area contributed by atoms with Gasteiger partial charge >= 0.3 is 5.97 Å². The Hall–Kier alpha value is -1.40. The van der Waals surface area contributed by atoms with Crippen LogP contribution in [0.1, 0.15) is 10.5 Å². The van der Waals surface area contributed by atoms with Crippen LogP contribution >= 0.6 is 11.6 Å². The molecule has 2 N–H and O–H groups in total. The molecule has 88 valence electrons. The van der Waals surface area contributed by atoms with Gasteiger partial charge in [0.05, 0.1) is 0 Å². The Labute approximate surface area is 98.3 Å². The molecule has 0 atom stereocenters. The Morgan fingerprint density at radius 2 is 2.25 bits per heavy atom. The Morgan fingerprint density at radius 1 is 1.56 bits per heavy atom. The Bertz CT molecular complexity index is 384. The molecule has 0 aliphatic heterocycles. The van der Waals surface area contributed by atoms with Gasteiger partial charge in [0, 0.05) is 13.1 Å². The molecule has 0 aliphatic carbocycles. The highest BCUT2D eigenvalue weighted by Gasteiger charge is 2.14. The second-order valence-electron chi connectivity index (χ2n) is 3.42. The molecule has 1 aromatic rings. The van der Waals surface area contributed by atoms with Crippen LogP contribution in [0.5, 0.6) is 0 Å². The molecule has 1 rings (SSSR count). The summed E-state index contributed by atoms with van der Waals surface area (Å²) in [5, 5.41) is 11.8. The van der Waals surface area contributed by atoms with Crippen LogP contribution in [0.2, 0.25) is 5.02 Å². The molecule has 0 bridgehead atoms. The van der Waals surface area contributed by atoms with Crippen LogP contribution in [0, 0.1) is 0 Å². The minimum atomic E-state index is -1.16. The maximum Gasteiger partial charge on any atom is 0.356 e. The van der Waals surface area contributed by atoms with Crippen molar-refractivity contribution < 1.29 is 9.90 Å². The molecule has 7 heteroatoms. The fraction of sp³-hybridized carbons (Fsp3) is 0.444. The molecule has 0 saturated carbocycles. The van der Waals surface area contributed by atoms with Gasteiger partial charge in [-0.2, -0.15) is 0 Å². The van der Waals surface area contributed by atoms with Gasteiger partial charge in [0.25, 0.3) is 0 Å². The monoisotopic (exact) mass is 244 g/mol. The van der Waals surface area contributed by atoms with E-state index < -0.39 is 5.97 Å². The lowest BCUT2D eigenvalue weighted by Gasteiger charge is -2.11. The number of rotatable bonds is 5. The number of carboxylic acid groups (broad SMARTS) is 1. The van der Waals surface area contributed by atoms with Gasteiger partial charge < -0.3 is 15.3 Å². The molecule has 0 spiro atoms. The van der Waals surface area contributed by atoms with Crippen LogP contribution in [0.4, 0.5) is 5.82 Å². The highest BCUT2D eigenvalue weighted by atomic mass is 35.5. The summed E-state index contributed by atoms with van der Waals surface area (Å²) >= 11 is 5.84. The van der Waals surface area contributed by atoms with Crippen molar-refractivity contribution in [2.45, 2.75) is 0 Å². The summed E-state index contributed by atoms with van der Waals surface area (Å²) < 4.78 is 0. The van der Waals surface area contributed by atoms with E-state index in [-0.39, 0.29) is 10.7 Å². The van der Waals surface area contributed by atoms with Crippen molar-refractivity contribution in [1.82, 2.24) is 14.9 Å². The predicted molar refractivity (Wildman–Crippen MR) is 61.0 cm³/mol. The van der Waals surface area contributed by atoms with Gasteiger partial charge in [-0.05, 0) is 14.1 Å². The van der Waals surface area contributed by atoms with Gasteiger partial charge in [-0.25, -0.2) is 14.8 Å². The van der Waals surface area contributed by atoms with E-state index in [1.54, 1.807) is 0 Å². The Kier molecular flexibility index (Phi) is 4.45. The predicted octanol–water partition coefficient (Wildman–Crippen LogP) is 0.802. The second-order valence-corrected chi connectivity index (χ2v) is 3.80. The van der Waals surface area contributed by atoms with Gasteiger partial charge in [-0.3, -0.25) is 0 Å². The van der Waals surface area contributed by atoms with Crippen LogP contribution in [0.15, 0.2) is 6.33 Å². The molecule has 0 aromatic carbocycles. The zero-order valence-corrected chi connectivity index (χ0v) is 9.82. The third-order valence-electron chi connectivity index (χ3n) is 1.84. The number of nitrogens with zero attached hydrogens (tertiary/aromatic N) is 3. The van der Waals surface area contributed by atoms with Crippen molar-refractivity contribution in [3.8, 4) is 0 Å². The van der Waals surface area contributed by atoms with E-state index in [0.717, 1.165) is 6.54 Å². The average Bonchev–Trinajstić information content (AvgIpc) is 2.19. The first kappa shape index (κ1) is 12.7. The normalized spacial score (nSPS) is 10.5. The van der Waals surface area contributed by atoms with E-state index in [9.17, 15) is 4.79 Å².